The van der Waals surface area contributed by atoms with Gasteiger partial charge in [-0.05, 0) is 36.8 Å². The molecule has 0 aliphatic heterocycles. The lowest BCUT2D eigenvalue weighted by molar-refractivity contribution is 0.414. The zero-order chi connectivity index (χ0) is 19.4. The Morgan fingerprint density at radius 2 is 1.63 bits per heavy atom. The minimum absolute atomic E-state index is 0.215. The summed E-state index contributed by atoms with van der Waals surface area (Å²) >= 11 is 0. The Bertz CT molecular complexity index is 948. The summed E-state index contributed by atoms with van der Waals surface area (Å²) in [5.41, 5.74) is 0.793. The van der Waals surface area contributed by atoms with Gasteiger partial charge >= 0.3 is 0 Å². The number of aryl methyl sites for hydroxylation is 1. The first kappa shape index (κ1) is 18.5. The molecule has 1 heterocycles. The number of halogens is 3. The van der Waals surface area contributed by atoms with Crippen molar-refractivity contribution < 1.29 is 17.9 Å². The summed E-state index contributed by atoms with van der Waals surface area (Å²) in [6.45, 7) is 2.17. The number of anilines is 3. The molecule has 5 nitrogen and oxygen atoms in total. The highest BCUT2D eigenvalue weighted by Crippen LogP contribution is 2.24. The van der Waals surface area contributed by atoms with Gasteiger partial charge in [-0.15, -0.1) is 0 Å². The lowest BCUT2D eigenvalue weighted by Crippen LogP contribution is -2.06. The van der Waals surface area contributed by atoms with Gasteiger partial charge in [0.1, 0.15) is 23.2 Å². The number of nitrogens with one attached hydrogen (secondary N) is 2. The Balaban J connectivity index is 1.75. The molecule has 0 bridgehead atoms. The summed E-state index contributed by atoms with van der Waals surface area (Å²) in [4.78, 5) is 8.40. The first-order valence-electron chi connectivity index (χ1n) is 8.09. The number of rotatable bonds is 6. The van der Waals surface area contributed by atoms with E-state index in [4.69, 9.17) is 4.74 Å². The van der Waals surface area contributed by atoms with Crippen LogP contribution in [-0.4, -0.2) is 17.1 Å². The molecule has 2 aromatic carbocycles. The van der Waals surface area contributed by atoms with Gasteiger partial charge in [0.25, 0.3) is 0 Å². The fourth-order valence-corrected chi connectivity index (χ4v) is 2.42. The molecule has 8 heteroatoms. The smallest absolute Gasteiger partial charge is 0.196 e. The maximum Gasteiger partial charge on any atom is 0.196 e. The third-order valence-electron chi connectivity index (χ3n) is 3.77. The van der Waals surface area contributed by atoms with Crippen LogP contribution in [0.3, 0.4) is 0 Å². The zero-order valence-electron chi connectivity index (χ0n) is 14.7. The molecule has 2 N–H and O–H groups in total. The standard InChI is InChI=1S/C19H17F3N4O/c1-11-24-16(23-10-12-3-5-13(27-2)6-4-12)9-17(25-11)26-15-8-7-14(20)18(21)19(15)22/h3-9H,10H2,1-2H3,(H2,23,24,25,26). The topological polar surface area (TPSA) is 59.1 Å². The van der Waals surface area contributed by atoms with Crippen LogP contribution in [0.25, 0.3) is 0 Å². The minimum atomic E-state index is -1.54. The fourth-order valence-electron chi connectivity index (χ4n) is 2.42. The van der Waals surface area contributed by atoms with Gasteiger partial charge in [-0.1, -0.05) is 12.1 Å². The largest absolute Gasteiger partial charge is 0.497 e. The third-order valence-corrected chi connectivity index (χ3v) is 3.77. The van der Waals surface area contributed by atoms with Crippen LogP contribution in [0.15, 0.2) is 42.5 Å². The van der Waals surface area contributed by atoms with Crippen molar-refractivity contribution >= 4 is 17.3 Å². The molecular weight excluding hydrogens is 357 g/mol. The number of hydrogen-bond acceptors (Lipinski definition) is 5. The summed E-state index contributed by atoms with van der Waals surface area (Å²) in [6, 6.07) is 11.0. The van der Waals surface area contributed by atoms with Crippen molar-refractivity contribution in [1.82, 2.24) is 9.97 Å². The average molecular weight is 374 g/mol. The van der Waals surface area contributed by atoms with E-state index >= 15 is 0 Å². The number of benzene rings is 2. The number of methoxy groups -OCH3 is 1. The fraction of sp³-hybridized carbons (Fsp3) is 0.158. The summed E-state index contributed by atoms with van der Waals surface area (Å²) < 4.78 is 45.4. The monoisotopic (exact) mass is 374 g/mol. The lowest BCUT2D eigenvalue weighted by Gasteiger charge is -2.11. The minimum Gasteiger partial charge on any atom is -0.497 e. The number of ether oxygens (including phenoxy) is 1. The molecule has 140 valence electrons. The maximum absolute atomic E-state index is 13.8. The molecule has 27 heavy (non-hydrogen) atoms. The Hall–Kier alpha value is -3.29. The number of nitrogens with zero attached hydrogens (tertiary/aromatic N) is 2. The van der Waals surface area contributed by atoms with Gasteiger partial charge < -0.3 is 15.4 Å². The van der Waals surface area contributed by atoms with Crippen LogP contribution >= 0.6 is 0 Å². The van der Waals surface area contributed by atoms with E-state index in [9.17, 15) is 13.2 Å². The van der Waals surface area contributed by atoms with E-state index in [2.05, 4.69) is 20.6 Å². The van der Waals surface area contributed by atoms with Crippen LogP contribution < -0.4 is 15.4 Å². The van der Waals surface area contributed by atoms with E-state index in [1.54, 1.807) is 20.1 Å². The predicted octanol–water partition coefficient (Wildman–Crippen LogP) is 4.57. The van der Waals surface area contributed by atoms with Crippen molar-refractivity contribution in [2.45, 2.75) is 13.5 Å². The Morgan fingerprint density at radius 3 is 2.33 bits per heavy atom. The van der Waals surface area contributed by atoms with Crippen LogP contribution in [0.2, 0.25) is 0 Å². The van der Waals surface area contributed by atoms with Gasteiger partial charge in [0.05, 0.1) is 12.8 Å². The quantitative estimate of drug-likeness (QED) is 0.619. The normalized spacial score (nSPS) is 10.6. The molecule has 0 spiro atoms. The molecular formula is C19H17F3N4O. The molecule has 3 rings (SSSR count). The van der Waals surface area contributed by atoms with Gasteiger partial charge in [0.2, 0.25) is 0 Å². The van der Waals surface area contributed by atoms with Gasteiger partial charge in [-0.3, -0.25) is 0 Å². The van der Waals surface area contributed by atoms with E-state index in [0.717, 1.165) is 23.4 Å². The highest BCUT2D eigenvalue weighted by Gasteiger charge is 2.14. The van der Waals surface area contributed by atoms with Crippen molar-refractivity contribution in [3.05, 3.63) is 71.3 Å². The summed E-state index contributed by atoms with van der Waals surface area (Å²) in [5.74, 6) is -2.15. The van der Waals surface area contributed by atoms with Crippen molar-refractivity contribution in [3.63, 3.8) is 0 Å². The molecule has 0 atom stereocenters. The van der Waals surface area contributed by atoms with Gasteiger partial charge in [-0.2, -0.15) is 0 Å². The van der Waals surface area contributed by atoms with Crippen LogP contribution in [-0.2, 0) is 6.54 Å². The third kappa shape index (κ3) is 4.46. The van der Waals surface area contributed by atoms with Gasteiger partial charge in [-0.25, -0.2) is 23.1 Å². The Morgan fingerprint density at radius 1 is 0.926 bits per heavy atom. The first-order valence-corrected chi connectivity index (χ1v) is 8.09. The molecule has 0 unspecified atom stereocenters. The second-order valence-corrected chi connectivity index (χ2v) is 5.74. The highest BCUT2D eigenvalue weighted by atomic mass is 19.2. The van der Waals surface area contributed by atoms with Gasteiger partial charge in [0, 0.05) is 12.6 Å². The second-order valence-electron chi connectivity index (χ2n) is 5.74. The molecule has 1 aromatic heterocycles. The van der Waals surface area contributed by atoms with E-state index in [0.29, 0.717) is 18.2 Å². The summed E-state index contributed by atoms with van der Waals surface area (Å²) in [7, 11) is 1.60. The van der Waals surface area contributed by atoms with Gasteiger partial charge in [0.15, 0.2) is 17.5 Å². The molecule has 0 aliphatic rings. The van der Waals surface area contributed by atoms with Crippen molar-refractivity contribution in [2.24, 2.45) is 0 Å². The second kappa shape index (κ2) is 7.94. The van der Waals surface area contributed by atoms with Crippen LogP contribution in [0, 0.1) is 24.4 Å². The van der Waals surface area contributed by atoms with Crippen LogP contribution in [0.5, 0.6) is 5.75 Å². The van der Waals surface area contributed by atoms with Crippen LogP contribution in [0.1, 0.15) is 11.4 Å². The predicted molar refractivity (Wildman–Crippen MR) is 96.7 cm³/mol. The highest BCUT2D eigenvalue weighted by molar-refractivity contribution is 5.60. The van der Waals surface area contributed by atoms with Crippen LogP contribution in [0.4, 0.5) is 30.5 Å². The number of aromatic nitrogens is 2. The maximum atomic E-state index is 13.8. The lowest BCUT2D eigenvalue weighted by atomic mass is 10.2. The molecule has 0 saturated carbocycles. The Labute approximate surface area is 154 Å². The van der Waals surface area contributed by atoms with Crippen molar-refractivity contribution in [1.29, 1.82) is 0 Å². The van der Waals surface area contributed by atoms with E-state index < -0.39 is 17.5 Å². The zero-order valence-corrected chi connectivity index (χ0v) is 14.7. The van der Waals surface area contributed by atoms with E-state index in [1.165, 1.54) is 0 Å². The molecule has 0 saturated heterocycles. The first-order chi connectivity index (χ1) is 13.0. The van der Waals surface area contributed by atoms with E-state index in [-0.39, 0.29) is 11.5 Å². The van der Waals surface area contributed by atoms with E-state index in [1.807, 2.05) is 24.3 Å². The summed E-state index contributed by atoms with van der Waals surface area (Å²) in [5, 5.41) is 5.79. The molecule has 0 fully saturated rings. The van der Waals surface area contributed by atoms with Crippen molar-refractivity contribution in [3.8, 4) is 5.75 Å². The molecule has 0 amide bonds. The SMILES string of the molecule is COc1ccc(CNc2cc(Nc3ccc(F)c(F)c3F)nc(C)n2)cc1. The molecule has 0 aliphatic carbocycles. The average Bonchev–Trinajstić information content (AvgIpc) is 2.67. The number of hydrogen-bond donors (Lipinski definition) is 2. The molecule has 0 radical (unpaired) electrons. The van der Waals surface area contributed by atoms with Crippen molar-refractivity contribution in [2.75, 3.05) is 17.7 Å². The summed E-state index contributed by atoms with van der Waals surface area (Å²) in [6.07, 6.45) is 0. The Kier molecular flexibility index (Phi) is 5.44. The molecule has 3 aromatic rings.